The van der Waals surface area contributed by atoms with Gasteiger partial charge in [-0.15, -0.1) is 0 Å². The molecule has 7 heteroatoms. The van der Waals surface area contributed by atoms with Crippen molar-refractivity contribution in [2.45, 2.75) is 19.4 Å². The van der Waals surface area contributed by atoms with Gasteiger partial charge in [-0.05, 0) is 42.8 Å². The van der Waals surface area contributed by atoms with Crippen LogP contribution in [0.15, 0.2) is 52.0 Å². The van der Waals surface area contributed by atoms with E-state index in [1.165, 1.54) is 6.21 Å². The van der Waals surface area contributed by atoms with Crippen LogP contribution in [0.25, 0.3) is 0 Å². The average molecular weight is 429 g/mol. The number of hydrazone groups is 1. The lowest BCUT2D eigenvalue weighted by atomic mass is 10.2. The zero-order chi connectivity index (χ0) is 17.5. The van der Waals surface area contributed by atoms with Crippen molar-refractivity contribution in [1.29, 1.82) is 0 Å². The van der Waals surface area contributed by atoms with Gasteiger partial charge in [-0.25, -0.2) is 5.43 Å². The summed E-state index contributed by atoms with van der Waals surface area (Å²) in [4.78, 5) is 12.2. The number of hydrogen-bond donors (Lipinski definition) is 2. The van der Waals surface area contributed by atoms with E-state index in [1.54, 1.807) is 18.2 Å². The van der Waals surface area contributed by atoms with Gasteiger partial charge in [-0.1, -0.05) is 52.1 Å². The third-order valence-electron chi connectivity index (χ3n) is 3.25. The second kappa shape index (κ2) is 9.06. The zero-order valence-electron chi connectivity index (χ0n) is 12.9. The molecule has 0 aliphatic rings. The Labute approximate surface area is 159 Å². The number of carbonyl (C=O) groups is 1. The third-order valence-corrected chi connectivity index (χ3v) is 4.34. The zero-order valence-corrected chi connectivity index (χ0v) is 16.0. The van der Waals surface area contributed by atoms with E-state index in [2.05, 4.69) is 31.8 Å². The molecule has 2 aromatic carbocycles. The minimum absolute atomic E-state index is 0.221. The van der Waals surface area contributed by atoms with Crippen molar-refractivity contribution < 1.29 is 4.79 Å². The van der Waals surface area contributed by atoms with E-state index in [-0.39, 0.29) is 11.9 Å². The minimum atomic E-state index is -0.385. The molecule has 0 aromatic heterocycles. The van der Waals surface area contributed by atoms with E-state index in [4.69, 9.17) is 23.2 Å². The van der Waals surface area contributed by atoms with Crippen LogP contribution in [0.5, 0.6) is 0 Å². The summed E-state index contributed by atoms with van der Waals surface area (Å²) < 4.78 is 0.981. The maximum Gasteiger partial charge on any atom is 0.262 e. The van der Waals surface area contributed by atoms with Gasteiger partial charge in [0.25, 0.3) is 5.91 Å². The van der Waals surface area contributed by atoms with Gasteiger partial charge in [-0.2, -0.15) is 5.10 Å². The summed E-state index contributed by atoms with van der Waals surface area (Å²) >= 11 is 15.3. The smallest absolute Gasteiger partial charge is 0.262 e. The Morgan fingerprint density at radius 1 is 1.25 bits per heavy atom. The second-order valence-electron chi connectivity index (χ2n) is 5.01. The standard InChI is InChI=1S/C17H16BrCl2N3O/c1-2-16(22-14-7-4-12(18)5-8-14)17(24)23-21-10-11-3-6-13(19)9-15(11)20/h3-10,16,22H,2H2,1H3,(H,23,24)/b21-10+. The molecule has 0 bridgehead atoms. The highest BCUT2D eigenvalue weighted by Crippen LogP contribution is 2.19. The molecule has 4 nitrogen and oxygen atoms in total. The van der Waals surface area contributed by atoms with Crippen molar-refractivity contribution in [3.63, 3.8) is 0 Å². The van der Waals surface area contributed by atoms with Gasteiger partial charge in [0.2, 0.25) is 0 Å². The summed E-state index contributed by atoms with van der Waals surface area (Å²) in [5.74, 6) is -0.221. The molecule has 1 amide bonds. The van der Waals surface area contributed by atoms with E-state index in [1.807, 2.05) is 31.2 Å². The molecule has 0 saturated heterocycles. The summed E-state index contributed by atoms with van der Waals surface area (Å²) in [7, 11) is 0. The maximum atomic E-state index is 12.2. The second-order valence-corrected chi connectivity index (χ2v) is 6.77. The molecule has 0 saturated carbocycles. The molecule has 0 spiro atoms. The SMILES string of the molecule is CCC(Nc1ccc(Br)cc1)C(=O)N/N=C/c1ccc(Cl)cc1Cl. The van der Waals surface area contributed by atoms with Crippen LogP contribution in [0.3, 0.4) is 0 Å². The van der Waals surface area contributed by atoms with E-state index < -0.39 is 0 Å². The first kappa shape index (κ1) is 18.8. The summed E-state index contributed by atoms with van der Waals surface area (Å²) in [5, 5.41) is 8.15. The normalized spacial score (nSPS) is 12.2. The Morgan fingerprint density at radius 2 is 1.96 bits per heavy atom. The summed E-state index contributed by atoms with van der Waals surface area (Å²) in [6, 6.07) is 12.3. The number of anilines is 1. The number of amides is 1. The fourth-order valence-corrected chi connectivity index (χ4v) is 2.67. The predicted molar refractivity (Wildman–Crippen MR) is 104 cm³/mol. The Bertz CT molecular complexity index is 735. The molecule has 24 heavy (non-hydrogen) atoms. The van der Waals surface area contributed by atoms with E-state index in [0.717, 1.165) is 10.2 Å². The summed E-state index contributed by atoms with van der Waals surface area (Å²) in [6.45, 7) is 1.93. The van der Waals surface area contributed by atoms with Crippen molar-refractivity contribution in [2.75, 3.05) is 5.32 Å². The molecule has 126 valence electrons. The number of rotatable bonds is 6. The van der Waals surface area contributed by atoms with Gasteiger partial charge >= 0.3 is 0 Å². The largest absolute Gasteiger partial charge is 0.374 e. The summed E-state index contributed by atoms with van der Waals surface area (Å²) in [6.07, 6.45) is 2.11. The van der Waals surface area contributed by atoms with Gasteiger partial charge < -0.3 is 5.32 Å². The Hall–Kier alpha value is -1.56. The number of benzene rings is 2. The molecule has 2 rings (SSSR count). The van der Waals surface area contributed by atoms with Crippen LogP contribution in [-0.4, -0.2) is 18.2 Å². The predicted octanol–water partition coefficient (Wildman–Crippen LogP) is 5.10. The minimum Gasteiger partial charge on any atom is -0.374 e. The van der Waals surface area contributed by atoms with Crippen LogP contribution in [-0.2, 0) is 4.79 Å². The molecule has 0 heterocycles. The van der Waals surface area contributed by atoms with Crippen molar-refractivity contribution in [1.82, 2.24) is 5.43 Å². The Kier molecular flexibility index (Phi) is 7.09. The summed E-state index contributed by atoms with van der Waals surface area (Å²) in [5.41, 5.74) is 4.06. The fraction of sp³-hybridized carbons (Fsp3) is 0.176. The number of nitrogens with zero attached hydrogens (tertiary/aromatic N) is 1. The average Bonchev–Trinajstić information content (AvgIpc) is 2.56. The van der Waals surface area contributed by atoms with Crippen LogP contribution in [0, 0.1) is 0 Å². The van der Waals surface area contributed by atoms with Gasteiger partial charge in [0.1, 0.15) is 6.04 Å². The number of hydrogen-bond acceptors (Lipinski definition) is 3. The monoisotopic (exact) mass is 427 g/mol. The molecule has 0 radical (unpaired) electrons. The Morgan fingerprint density at radius 3 is 2.58 bits per heavy atom. The molecule has 2 N–H and O–H groups in total. The van der Waals surface area contributed by atoms with Crippen LogP contribution >= 0.6 is 39.1 Å². The molecule has 0 aliphatic heterocycles. The fourth-order valence-electron chi connectivity index (χ4n) is 1.95. The molecule has 2 aromatic rings. The number of halogens is 3. The molecule has 0 aliphatic carbocycles. The lowest BCUT2D eigenvalue weighted by Crippen LogP contribution is -2.36. The molecule has 0 fully saturated rings. The van der Waals surface area contributed by atoms with Crippen LogP contribution in [0.4, 0.5) is 5.69 Å². The van der Waals surface area contributed by atoms with E-state index in [9.17, 15) is 4.79 Å². The highest BCUT2D eigenvalue weighted by Gasteiger charge is 2.15. The van der Waals surface area contributed by atoms with Crippen LogP contribution in [0.1, 0.15) is 18.9 Å². The van der Waals surface area contributed by atoms with Crippen molar-refractivity contribution in [2.24, 2.45) is 5.10 Å². The first-order chi connectivity index (χ1) is 11.5. The third kappa shape index (κ3) is 5.51. The number of carbonyl (C=O) groups excluding carboxylic acids is 1. The maximum absolute atomic E-state index is 12.2. The first-order valence-electron chi connectivity index (χ1n) is 7.29. The van der Waals surface area contributed by atoms with Gasteiger partial charge in [0.15, 0.2) is 0 Å². The van der Waals surface area contributed by atoms with Crippen molar-refractivity contribution >= 4 is 56.9 Å². The Balaban J connectivity index is 1.96. The number of nitrogens with one attached hydrogen (secondary N) is 2. The highest BCUT2D eigenvalue weighted by atomic mass is 79.9. The lowest BCUT2D eigenvalue weighted by molar-refractivity contribution is -0.121. The van der Waals surface area contributed by atoms with Crippen molar-refractivity contribution in [3.8, 4) is 0 Å². The lowest BCUT2D eigenvalue weighted by Gasteiger charge is -2.16. The van der Waals surface area contributed by atoms with Gasteiger partial charge in [0, 0.05) is 20.7 Å². The van der Waals surface area contributed by atoms with Crippen LogP contribution < -0.4 is 10.7 Å². The molecule has 1 unspecified atom stereocenters. The topological polar surface area (TPSA) is 53.5 Å². The quantitative estimate of drug-likeness (QED) is 0.496. The molecule has 1 atom stereocenters. The van der Waals surface area contributed by atoms with E-state index >= 15 is 0 Å². The van der Waals surface area contributed by atoms with Crippen molar-refractivity contribution in [3.05, 3.63) is 62.5 Å². The molecular formula is C17H16BrCl2N3O. The highest BCUT2D eigenvalue weighted by molar-refractivity contribution is 9.10. The first-order valence-corrected chi connectivity index (χ1v) is 8.84. The van der Waals surface area contributed by atoms with E-state index in [0.29, 0.717) is 22.0 Å². The van der Waals surface area contributed by atoms with Crippen LogP contribution in [0.2, 0.25) is 10.0 Å². The van der Waals surface area contributed by atoms with Gasteiger partial charge in [0.05, 0.1) is 11.2 Å². The van der Waals surface area contributed by atoms with Gasteiger partial charge in [-0.3, -0.25) is 4.79 Å². The molecular weight excluding hydrogens is 413 g/mol.